The van der Waals surface area contributed by atoms with Gasteiger partial charge in [0.15, 0.2) is 0 Å². The number of likely N-dealkylation sites (tertiary alicyclic amines) is 1. The lowest BCUT2D eigenvalue weighted by Gasteiger charge is -2.35. The summed E-state index contributed by atoms with van der Waals surface area (Å²) in [5, 5.41) is 11.4. The molecule has 1 fully saturated rings. The average Bonchev–Trinajstić information content (AvgIpc) is 3.68. The third-order valence-electron chi connectivity index (χ3n) is 10.2. The predicted molar refractivity (Wildman–Crippen MR) is 219 cm³/mol. The van der Waals surface area contributed by atoms with E-state index in [-0.39, 0.29) is 42.4 Å². The highest BCUT2D eigenvalue weighted by molar-refractivity contribution is 6.07. The molecule has 2 aliphatic heterocycles. The van der Waals surface area contributed by atoms with Crippen LogP contribution in [0, 0.1) is 25.7 Å². The number of carbonyl (C=O) groups excluding carboxylic acids is 6. The van der Waals surface area contributed by atoms with E-state index in [1.165, 1.54) is 14.7 Å². The molecule has 4 heterocycles. The number of nitrogens with one attached hydrogen (secondary N) is 4. The first-order valence-electron chi connectivity index (χ1n) is 19.6. The fourth-order valence-corrected chi connectivity index (χ4v) is 7.03. The van der Waals surface area contributed by atoms with Crippen molar-refractivity contribution in [1.29, 1.82) is 0 Å². The number of nitrogens with zero attached hydrogens (tertiary/aromatic N) is 7. The molecule has 1 saturated heterocycles. The molecule has 3 atom stereocenters. The van der Waals surface area contributed by atoms with Crippen molar-refractivity contribution in [2.75, 3.05) is 49.3 Å². The minimum Gasteiger partial charge on any atom is -0.347 e. The van der Waals surface area contributed by atoms with E-state index in [1.54, 1.807) is 56.6 Å². The van der Waals surface area contributed by atoms with Gasteiger partial charge in [0.2, 0.25) is 29.6 Å². The summed E-state index contributed by atoms with van der Waals surface area (Å²) < 4.78 is 0. The maximum Gasteiger partial charge on any atom is 0.330 e. The number of anilines is 4. The smallest absolute Gasteiger partial charge is 0.330 e. The summed E-state index contributed by atoms with van der Waals surface area (Å²) in [6.45, 7) is 11.4. The number of aryl methyl sites for hydroxylation is 2. The number of pyridine rings is 1. The maximum absolute atomic E-state index is 14.0. The molecule has 310 valence electrons. The zero-order chi connectivity index (χ0) is 42.4. The SMILES string of the molecule is Cc1ccc(Nc2ncc3c(n2)N(C)C(=O)N(c2cc(C(=O)NC(C(=O)N4CCC[C@@H]4C(=O)NCC(=O)NC(CC(C)C)C(=O)N(C)C)C(C)C)ccc2C)C3)cn1. The van der Waals surface area contributed by atoms with Gasteiger partial charge < -0.3 is 31.1 Å². The number of aromatic nitrogens is 3. The predicted octanol–water partition coefficient (Wildman–Crippen LogP) is 3.29. The van der Waals surface area contributed by atoms with Crippen LogP contribution in [0.25, 0.3) is 0 Å². The Morgan fingerprint density at radius 3 is 2.36 bits per heavy atom. The van der Waals surface area contributed by atoms with Crippen LogP contribution < -0.4 is 31.1 Å². The summed E-state index contributed by atoms with van der Waals surface area (Å²) in [5.74, 6) is -1.58. The van der Waals surface area contributed by atoms with Crippen LogP contribution in [0.1, 0.15) is 74.1 Å². The third-order valence-corrected chi connectivity index (χ3v) is 10.2. The molecule has 17 heteroatoms. The number of amides is 7. The highest BCUT2D eigenvalue weighted by Gasteiger charge is 2.39. The van der Waals surface area contributed by atoms with Crippen molar-refractivity contribution in [3.8, 4) is 0 Å². The zero-order valence-electron chi connectivity index (χ0n) is 34.8. The number of hydrogen-bond acceptors (Lipinski definition) is 10. The van der Waals surface area contributed by atoms with Crippen LogP contribution in [0.3, 0.4) is 0 Å². The number of hydrogen-bond donors (Lipinski definition) is 4. The van der Waals surface area contributed by atoms with Crippen LogP contribution in [-0.2, 0) is 25.7 Å². The standard InChI is InChI=1S/C41H55N11O6/c1-23(2)17-30(38(56)49(7)8)46-33(53)21-43-37(55)31-11-10-16-51(31)39(57)34(24(3)4)47-36(54)27-14-12-25(5)32(18-27)52-22-28-19-44-40(48-35(28)50(9)41(52)58)45-29-15-13-26(6)42-20-29/h12-15,18-20,23-24,30-31,34H,10-11,16-17,21-22H2,1-9H3,(H,43,55)(H,46,53)(H,47,54)(H,44,45,48)/t30?,31-,34?/m1/s1. The van der Waals surface area contributed by atoms with Crippen molar-refractivity contribution in [2.45, 2.75) is 85.5 Å². The van der Waals surface area contributed by atoms with Gasteiger partial charge in [0.05, 0.1) is 25.0 Å². The van der Waals surface area contributed by atoms with Gasteiger partial charge in [0, 0.05) is 56.4 Å². The van der Waals surface area contributed by atoms with Crippen LogP contribution >= 0.6 is 0 Å². The van der Waals surface area contributed by atoms with Crippen molar-refractivity contribution in [3.05, 3.63) is 65.1 Å². The highest BCUT2D eigenvalue weighted by atomic mass is 16.2. The molecule has 0 spiro atoms. The Morgan fingerprint density at radius 1 is 0.966 bits per heavy atom. The first-order valence-corrected chi connectivity index (χ1v) is 19.6. The molecule has 5 rings (SSSR count). The van der Waals surface area contributed by atoms with Gasteiger partial charge in [0.1, 0.15) is 23.9 Å². The fourth-order valence-electron chi connectivity index (χ4n) is 7.03. The van der Waals surface area contributed by atoms with Crippen LogP contribution in [0.2, 0.25) is 0 Å². The number of benzene rings is 1. The summed E-state index contributed by atoms with van der Waals surface area (Å²) in [7, 11) is 4.86. The molecule has 0 radical (unpaired) electrons. The summed E-state index contributed by atoms with van der Waals surface area (Å²) in [4.78, 5) is 99.6. The molecule has 0 bridgehead atoms. The third kappa shape index (κ3) is 10.0. The van der Waals surface area contributed by atoms with Gasteiger partial charge in [-0.15, -0.1) is 0 Å². The maximum atomic E-state index is 14.0. The molecule has 4 N–H and O–H groups in total. The van der Waals surface area contributed by atoms with Gasteiger partial charge in [0.25, 0.3) is 5.91 Å². The summed E-state index contributed by atoms with van der Waals surface area (Å²) in [5.41, 5.74) is 3.79. The number of carbonyl (C=O) groups is 6. The minimum atomic E-state index is -0.965. The van der Waals surface area contributed by atoms with Gasteiger partial charge in [-0.2, -0.15) is 4.98 Å². The zero-order valence-corrected chi connectivity index (χ0v) is 34.8. The van der Waals surface area contributed by atoms with Crippen molar-refractivity contribution < 1.29 is 28.8 Å². The molecule has 2 aromatic heterocycles. The molecule has 0 aliphatic carbocycles. The molecule has 7 amide bonds. The quantitative estimate of drug-likeness (QED) is 0.188. The Kier molecular flexibility index (Phi) is 13.7. The second-order valence-corrected chi connectivity index (χ2v) is 15.9. The van der Waals surface area contributed by atoms with Crippen LogP contribution in [0.4, 0.5) is 27.9 Å². The second-order valence-electron chi connectivity index (χ2n) is 15.9. The van der Waals surface area contributed by atoms with Gasteiger partial charge in [-0.05, 0) is 74.8 Å². The lowest BCUT2D eigenvalue weighted by Crippen LogP contribution is -2.56. The Labute approximate surface area is 339 Å². The van der Waals surface area contributed by atoms with E-state index >= 15 is 0 Å². The van der Waals surface area contributed by atoms with Crippen molar-refractivity contribution >= 4 is 58.7 Å². The second kappa shape index (κ2) is 18.4. The Hall–Kier alpha value is -6.13. The topological polar surface area (TPSA) is 202 Å². The van der Waals surface area contributed by atoms with Crippen LogP contribution in [-0.4, -0.2) is 113 Å². The molecular weight excluding hydrogens is 743 g/mol. The molecule has 17 nitrogen and oxygen atoms in total. The minimum absolute atomic E-state index is 0.153. The number of urea groups is 1. The Morgan fingerprint density at radius 2 is 1.71 bits per heavy atom. The van der Waals surface area contributed by atoms with E-state index in [1.807, 2.05) is 53.7 Å². The van der Waals surface area contributed by atoms with E-state index in [0.717, 1.165) is 11.3 Å². The lowest BCUT2D eigenvalue weighted by molar-refractivity contribution is -0.141. The average molecular weight is 798 g/mol. The largest absolute Gasteiger partial charge is 0.347 e. The van der Waals surface area contributed by atoms with Crippen LogP contribution in [0.5, 0.6) is 0 Å². The first-order chi connectivity index (χ1) is 27.4. The summed E-state index contributed by atoms with van der Waals surface area (Å²) in [6, 6.07) is 5.86. The molecule has 3 aromatic rings. The highest BCUT2D eigenvalue weighted by Crippen LogP contribution is 2.33. The Balaban J connectivity index is 1.25. The monoisotopic (exact) mass is 797 g/mol. The van der Waals surface area contributed by atoms with Crippen LogP contribution in [0.15, 0.2) is 42.7 Å². The van der Waals surface area contributed by atoms with Gasteiger partial charge in [-0.3, -0.25) is 38.8 Å². The fraction of sp³-hybridized carbons (Fsp3) is 0.488. The lowest BCUT2D eigenvalue weighted by atomic mass is 10.0. The van der Waals surface area contributed by atoms with E-state index in [9.17, 15) is 28.8 Å². The van der Waals surface area contributed by atoms with Gasteiger partial charge >= 0.3 is 6.03 Å². The van der Waals surface area contributed by atoms with Crippen molar-refractivity contribution in [2.24, 2.45) is 11.8 Å². The van der Waals surface area contributed by atoms with E-state index in [0.29, 0.717) is 54.5 Å². The molecule has 0 saturated carbocycles. The number of likely N-dealkylation sites (N-methyl/N-ethyl adjacent to an activating group) is 1. The molecule has 2 unspecified atom stereocenters. The van der Waals surface area contributed by atoms with E-state index < -0.39 is 41.8 Å². The normalized spacial score (nSPS) is 16.2. The van der Waals surface area contributed by atoms with Crippen molar-refractivity contribution in [3.63, 3.8) is 0 Å². The summed E-state index contributed by atoms with van der Waals surface area (Å²) in [6.07, 6.45) is 4.74. The van der Waals surface area contributed by atoms with E-state index in [2.05, 4.69) is 36.2 Å². The molecule has 58 heavy (non-hydrogen) atoms. The number of rotatable bonds is 14. The molecular formula is C41H55N11O6. The van der Waals surface area contributed by atoms with Gasteiger partial charge in [-0.25, -0.2) is 9.78 Å². The molecule has 2 aliphatic rings. The van der Waals surface area contributed by atoms with Crippen molar-refractivity contribution in [1.82, 2.24) is 40.7 Å². The number of fused-ring (bicyclic) bond motifs is 1. The van der Waals surface area contributed by atoms with Gasteiger partial charge in [-0.1, -0.05) is 33.8 Å². The Bertz CT molecular complexity index is 2040. The van der Waals surface area contributed by atoms with E-state index in [4.69, 9.17) is 0 Å². The first kappa shape index (κ1) is 43.0. The molecule has 1 aromatic carbocycles. The summed E-state index contributed by atoms with van der Waals surface area (Å²) >= 11 is 0.